The maximum absolute atomic E-state index is 14.7. The van der Waals surface area contributed by atoms with E-state index in [1.54, 1.807) is 0 Å². The Balaban J connectivity index is 1.70. The Morgan fingerprint density at radius 3 is 1.64 bits per heavy atom. The van der Waals surface area contributed by atoms with Gasteiger partial charge in [-0.05, 0) is 80.7 Å². The smallest absolute Gasteiger partial charge is 0.301 e. The van der Waals surface area contributed by atoms with E-state index in [9.17, 15) is 26.3 Å². The lowest BCUT2D eigenvalue weighted by molar-refractivity contribution is -0.191. The minimum Gasteiger partial charge on any atom is -0.301 e. The Morgan fingerprint density at radius 2 is 1.21 bits per heavy atom. The zero-order valence-corrected chi connectivity index (χ0v) is 23.1. The molecule has 7 heteroatoms. The largest absolute Gasteiger partial charge is 0.398 e. The molecule has 2 aromatic carbocycles. The van der Waals surface area contributed by atoms with Crippen molar-refractivity contribution in [2.75, 3.05) is 13.1 Å². The molecule has 1 atom stereocenters. The van der Waals surface area contributed by atoms with Gasteiger partial charge < -0.3 is 4.90 Å². The SMILES string of the molecule is CCN(CCc1ccccc1)C(C)CCc1c(C2(C(F)(F)F)CCCC2)cccc1C1(C(F)(F)F)CCCC1. The van der Waals surface area contributed by atoms with E-state index in [2.05, 4.69) is 24.0 Å². The highest BCUT2D eigenvalue weighted by Crippen LogP contribution is 2.57. The Labute approximate surface area is 229 Å². The van der Waals surface area contributed by atoms with Crippen LogP contribution in [0.2, 0.25) is 0 Å². The topological polar surface area (TPSA) is 3.24 Å². The van der Waals surface area contributed by atoms with Crippen LogP contribution in [0.5, 0.6) is 0 Å². The number of likely N-dealkylation sites (N-methyl/N-ethyl adjacent to an activating group) is 1. The van der Waals surface area contributed by atoms with E-state index in [1.807, 2.05) is 25.1 Å². The van der Waals surface area contributed by atoms with Gasteiger partial charge in [0.25, 0.3) is 0 Å². The fourth-order valence-electron chi connectivity index (χ4n) is 7.26. The summed E-state index contributed by atoms with van der Waals surface area (Å²) in [6, 6.07) is 14.5. The van der Waals surface area contributed by atoms with Crippen LogP contribution < -0.4 is 0 Å². The van der Waals surface area contributed by atoms with E-state index in [-0.39, 0.29) is 49.3 Å². The summed E-state index contributed by atoms with van der Waals surface area (Å²) in [5.41, 5.74) is -2.42. The zero-order valence-electron chi connectivity index (χ0n) is 23.1. The normalized spacial score (nSPS) is 20.0. The van der Waals surface area contributed by atoms with E-state index in [0.29, 0.717) is 37.7 Å². The van der Waals surface area contributed by atoms with Crippen LogP contribution in [-0.4, -0.2) is 36.4 Å². The van der Waals surface area contributed by atoms with Crippen molar-refractivity contribution in [3.8, 4) is 0 Å². The minimum atomic E-state index is -4.51. The first kappa shape index (κ1) is 30.0. The van der Waals surface area contributed by atoms with Crippen molar-refractivity contribution in [2.45, 2.75) is 114 Å². The first-order valence-electron chi connectivity index (χ1n) is 14.5. The van der Waals surface area contributed by atoms with Crippen molar-refractivity contribution in [1.82, 2.24) is 4.90 Å². The summed E-state index contributed by atoms with van der Waals surface area (Å²) in [6.07, 6.45) is -5.92. The molecule has 4 rings (SSSR count). The maximum atomic E-state index is 14.7. The van der Waals surface area contributed by atoms with Crippen LogP contribution in [0.4, 0.5) is 26.3 Å². The average molecular weight is 554 g/mol. The lowest BCUT2D eigenvalue weighted by Gasteiger charge is -2.39. The molecule has 216 valence electrons. The van der Waals surface area contributed by atoms with Crippen LogP contribution in [-0.2, 0) is 23.7 Å². The van der Waals surface area contributed by atoms with Gasteiger partial charge in [0.05, 0.1) is 10.8 Å². The molecule has 39 heavy (non-hydrogen) atoms. The summed E-state index contributed by atoms with van der Waals surface area (Å²) in [4.78, 5) is 2.28. The lowest BCUT2D eigenvalue weighted by Crippen LogP contribution is -2.44. The molecular weight excluding hydrogens is 512 g/mol. The average Bonchev–Trinajstić information content (AvgIpc) is 3.59. The number of alkyl halides is 6. The van der Waals surface area contributed by atoms with E-state index < -0.39 is 23.2 Å². The Kier molecular flexibility index (Phi) is 9.09. The van der Waals surface area contributed by atoms with Crippen molar-refractivity contribution in [2.24, 2.45) is 0 Å². The molecule has 0 spiro atoms. The number of rotatable bonds is 10. The fourth-order valence-corrected chi connectivity index (χ4v) is 7.26. The summed E-state index contributed by atoms with van der Waals surface area (Å²) in [5, 5.41) is 0. The van der Waals surface area contributed by atoms with Crippen LogP contribution in [0.15, 0.2) is 48.5 Å². The Bertz CT molecular complexity index is 1010. The van der Waals surface area contributed by atoms with Crippen LogP contribution >= 0.6 is 0 Å². The zero-order chi connectivity index (χ0) is 28.3. The highest BCUT2D eigenvalue weighted by atomic mass is 19.4. The number of hydrogen-bond acceptors (Lipinski definition) is 1. The Morgan fingerprint density at radius 1 is 0.718 bits per heavy atom. The molecule has 0 N–H and O–H groups in total. The summed E-state index contributed by atoms with van der Waals surface area (Å²) < 4.78 is 88.4. The van der Waals surface area contributed by atoms with Crippen LogP contribution in [0.25, 0.3) is 0 Å². The molecule has 2 fully saturated rings. The van der Waals surface area contributed by atoms with Gasteiger partial charge in [0.15, 0.2) is 0 Å². The van der Waals surface area contributed by atoms with Gasteiger partial charge in [-0.15, -0.1) is 0 Å². The molecule has 0 saturated heterocycles. The molecule has 0 aromatic heterocycles. The molecule has 0 heterocycles. The summed E-state index contributed by atoms with van der Waals surface area (Å²) in [7, 11) is 0. The van der Waals surface area contributed by atoms with Crippen molar-refractivity contribution < 1.29 is 26.3 Å². The number of hydrogen-bond donors (Lipinski definition) is 0. The second-order valence-electron chi connectivity index (χ2n) is 11.7. The molecule has 2 aromatic rings. The van der Waals surface area contributed by atoms with Crippen molar-refractivity contribution >= 4 is 0 Å². The first-order valence-corrected chi connectivity index (χ1v) is 14.5. The summed E-state index contributed by atoms with van der Waals surface area (Å²) >= 11 is 0. The predicted molar refractivity (Wildman–Crippen MR) is 144 cm³/mol. The fraction of sp³-hybridized carbons (Fsp3) is 0.625. The van der Waals surface area contributed by atoms with Crippen molar-refractivity contribution in [1.29, 1.82) is 0 Å². The molecule has 1 nitrogen and oxygen atoms in total. The minimum absolute atomic E-state index is 0.0236. The van der Waals surface area contributed by atoms with Gasteiger partial charge in [0.2, 0.25) is 0 Å². The van der Waals surface area contributed by atoms with Crippen LogP contribution in [0.1, 0.15) is 93.9 Å². The molecule has 2 aliphatic rings. The van der Waals surface area contributed by atoms with Gasteiger partial charge in [-0.1, -0.05) is 81.1 Å². The molecular formula is C32H41F6N. The molecule has 2 aliphatic carbocycles. The number of benzene rings is 2. The quantitative estimate of drug-likeness (QED) is 0.265. The van der Waals surface area contributed by atoms with Gasteiger partial charge in [-0.25, -0.2) is 0 Å². The second-order valence-corrected chi connectivity index (χ2v) is 11.7. The summed E-state index contributed by atoms with van der Waals surface area (Å²) in [6.45, 7) is 5.65. The van der Waals surface area contributed by atoms with E-state index in [0.717, 1.165) is 19.5 Å². The third-order valence-electron chi connectivity index (χ3n) is 9.58. The van der Waals surface area contributed by atoms with Crippen molar-refractivity contribution in [3.63, 3.8) is 0 Å². The first-order chi connectivity index (χ1) is 18.5. The standard InChI is InChI=1S/C32H41F6N/c1-3-39(23-18-25-12-5-4-6-13-25)24(2)16-17-26-27(29(31(33,34)35)19-7-8-20-29)14-11-15-28(26)30(32(36,37)38)21-9-10-22-30/h4-6,11-15,24H,3,7-10,16-23H2,1-2H3. The van der Waals surface area contributed by atoms with Gasteiger partial charge >= 0.3 is 12.4 Å². The van der Waals surface area contributed by atoms with Gasteiger partial charge in [0, 0.05) is 12.6 Å². The van der Waals surface area contributed by atoms with Gasteiger partial charge in [0.1, 0.15) is 0 Å². The third-order valence-corrected chi connectivity index (χ3v) is 9.58. The highest BCUT2D eigenvalue weighted by Gasteiger charge is 2.60. The van der Waals surface area contributed by atoms with Crippen LogP contribution in [0.3, 0.4) is 0 Å². The van der Waals surface area contributed by atoms with Crippen molar-refractivity contribution in [3.05, 3.63) is 70.8 Å². The lowest BCUT2D eigenvalue weighted by atomic mass is 9.68. The van der Waals surface area contributed by atoms with Crippen LogP contribution in [0, 0.1) is 0 Å². The Hall–Kier alpha value is -2.02. The third kappa shape index (κ3) is 5.89. The monoisotopic (exact) mass is 553 g/mol. The molecule has 2 saturated carbocycles. The maximum Gasteiger partial charge on any atom is 0.398 e. The van der Waals surface area contributed by atoms with Gasteiger partial charge in [-0.3, -0.25) is 0 Å². The van der Waals surface area contributed by atoms with E-state index in [4.69, 9.17) is 0 Å². The summed E-state index contributed by atoms with van der Waals surface area (Å²) in [5.74, 6) is 0. The molecule has 0 aliphatic heterocycles. The number of halogens is 6. The molecule has 0 radical (unpaired) electrons. The molecule has 1 unspecified atom stereocenters. The molecule has 0 amide bonds. The predicted octanol–water partition coefficient (Wildman–Crippen LogP) is 9.32. The van der Waals surface area contributed by atoms with E-state index in [1.165, 1.54) is 23.8 Å². The highest BCUT2D eigenvalue weighted by molar-refractivity contribution is 5.47. The van der Waals surface area contributed by atoms with Gasteiger partial charge in [-0.2, -0.15) is 26.3 Å². The molecule has 0 bridgehead atoms. The number of nitrogens with zero attached hydrogens (tertiary/aromatic N) is 1. The second kappa shape index (κ2) is 11.8. The van der Waals surface area contributed by atoms with E-state index >= 15 is 0 Å².